The van der Waals surface area contributed by atoms with E-state index in [0.29, 0.717) is 11.6 Å². The van der Waals surface area contributed by atoms with Crippen molar-refractivity contribution in [2.24, 2.45) is 0 Å². The lowest BCUT2D eigenvalue weighted by atomic mass is 10.2. The monoisotopic (exact) mass is 267 g/mol. The summed E-state index contributed by atoms with van der Waals surface area (Å²) >= 11 is 0. The summed E-state index contributed by atoms with van der Waals surface area (Å²) in [5, 5.41) is 6.26. The summed E-state index contributed by atoms with van der Waals surface area (Å²) in [5.74, 6) is -0.133. The van der Waals surface area contributed by atoms with E-state index in [1.54, 1.807) is 12.4 Å². The van der Waals surface area contributed by atoms with Crippen molar-refractivity contribution in [1.29, 1.82) is 0 Å². The average Bonchev–Trinajstić information content (AvgIpc) is 3.25. The molecule has 1 aliphatic carbocycles. The number of amides is 1. The fourth-order valence-electron chi connectivity index (χ4n) is 2.01. The van der Waals surface area contributed by atoms with Gasteiger partial charge in [-0.1, -0.05) is 18.2 Å². The van der Waals surface area contributed by atoms with Gasteiger partial charge >= 0.3 is 0 Å². The summed E-state index contributed by atoms with van der Waals surface area (Å²) < 4.78 is 0. The van der Waals surface area contributed by atoms with E-state index in [4.69, 9.17) is 0 Å². The van der Waals surface area contributed by atoms with Crippen LogP contribution in [0.1, 0.15) is 28.8 Å². The molecule has 0 radical (unpaired) electrons. The number of anilines is 2. The SMILES string of the molecule is Cc1ccccc1NC(=O)c1cncc(NC2CC2)c1. The van der Waals surface area contributed by atoms with Gasteiger partial charge in [-0.15, -0.1) is 0 Å². The molecule has 0 unspecified atom stereocenters. The Kier molecular flexibility index (Phi) is 3.37. The highest BCUT2D eigenvalue weighted by molar-refractivity contribution is 6.04. The highest BCUT2D eigenvalue weighted by Crippen LogP contribution is 2.24. The van der Waals surface area contributed by atoms with Gasteiger partial charge in [0.15, 0.2) is 0 Å². The van der Waals surface area contributed by atoms with E-state index >= 15 is 0 Å². The number of benzene rings is 1. The topological polar surface area (TPSA) is 54.0 Å². The first-order valence-corrected chi connectivity index (χ1v) is 6.81. The van der Waals surface area contributed by atoms with Crippen LogP contribution in [-0.4, -0.2) is 16.9 Å². The third kappa shape index (κ3) is 2.96. The van der Waals surface area contributed by atoms with Gasteiger partial charge in [-0.05, 0) is 37.5 Å². The van der Waals surface area contributed by atoms with Gasteiger partial charge in [0.2, 0.25) is 0 Å². The lowest BCUT2D eigenvalue weighted by Gasteiger charge is -2.09. The minimum Gasteiger partial charge on any atom is -0.381 e. The van der Waals surface area contributed by atoms with Crippen molar-refractivity contribution in [2.75, 3.05) is 10.6 Å². The van der Waals surface area contributed by atoms with Crippen molar-refractivity contribution in [3.05, 3.63) is 53.9 Å². The number of hydrogen-bond acceptors (Lipinski definition) is 3. The largest absolute Gasteiger partial charge is 0.381 e. The van der Waals surface area contributed by atoms with E-state index < -0.39 is 0 Å². The van der Waals surface area contributed by atoms with E-state index in [2.05, 4.69) is 15.6 Å². The number of nitrogens with zero attached hydrogens (tertiary/aromatic N) is 1. The summed E-state index contributed by atoms with van der Waals surface area (Å²) in [7, 11) is 0. The second-order valence-corrected chi connectivity index (χ2v) is 5.15. The van der Waals surface area contributed by atoms with Gasteiger partial charge < -0.3 is 10.6 Å². The Labute approximate surface area is 118 Å². The molecule has 1 aromatic heterocycles. The highest BCUT2D eigenvalue weighted by atomic mass is 16.1. The molecule has 2 N–H and O–H groups in total. The van der Waals surface area contributed by atoms with Crippen molar-refractivity contribution in [3.8, 4) is 0 Å². The zero-order chi connectivity index (χ0) is 13.9. The molecule has 0 atom stereocenters. The summed E-state index contributed by atoms with van der Waals surface area (Å²) in [6.07, 6.45) is 5.73. The minimum absolute atomic E-state index is 0.133. The second kappa shape index (κ2) is 5.33. The van der Waals surface area contributed by atoms with Crippen molar-refractivity contribution >= 4 is 17.3 Å². The molecule has 3 rings (SSSR count). The quantitative estimate of drug-likeness (QED) is 0.894. The van der Waals surface area contributed by atoms with Crippen LogP contribution in [0.3, 0.4) is 0 Å². The maximum absolute atomic E-state index is 12.2. The molecular formula is C16H17N3O. The normalized spacial score (nSPS) is 13.8. The van der Waals surface area contributed by atoms with Gasteiger partial charge in [0, 0.05) is 24.1 Å². The molecule has 1 fully saturated rings. The Morgan fingerprint density at radius 2 is 2.05 bits per heavy atom. The van der Waals surface area contributed by atoms with Crippen LogP contribution in [0.2, 0.25) is 0 Å². The second-order valence-electron chi connectivity index (χ2n) is 5.15. The molecule has 102 valence electrons. The Balaban J connectivity index is 1.74. The van der Waals surface area contributed by atoms with E-state index in [0.717, 1.165) is 16.9 Å². The lowest BCUT2D eigenvalue weighted by molar-refractivity contribution is 0.102. The molecule has 0 aliphatic heterocycles. The van der Waals surface area contributed by atoms with Crippen molar-refractivity contribution in [1.82, 2.24) is 4.98 Å². The molecule has 0 spiro atoms. The number of carbonyl (C=O) groups is 1. The van der Waals surface area contributed by atoms with Crippen LogP contribution in [0.15, 0.2) is 42.7 Å². The van der Waals surface area contributed by atoms with Crippen LogP contribution in [0.4, 0.5) is 11.4 Å². The molecule has 4 nitrogen and oxygen atoms in total. The molecule has 1 saturated carbocycles. The maximum atomic E-state index is 12.2. The maximum Gasteiger partial charge on any atom is 0.257 e. The van der Waals surface area contributed by atoms with Crippen LogP contribution >= 0.6 is 0 Å². The van der Waals surface area contributed by atoms with Crippen LogP contribution < -0.4 is 10.6 Å². The number of aromatic nitrogens is 1. The van der Waals surface area contributed by atoms with Crippen LogP contribution in [0.25, 0.3) is 0 Å². The first-order valence-electron chi connectivity index (χ1n) is 6.81. The van der Waals surface area contributed by atoms with Crippen LogP contribution in [0, 0.1) is 6.92 Å². The summed E-state index contributed by atoms with van der Waals surface area (Å²) in [4.78, 5) is 16.4. The third-order valence-corrected chi connectivity index (χ3v) is 3.34. The zero-order valence-corrected chi connectivity index (χ0v) is 11.4. The molecule has 0 saturated heterocycles. The molecule has 1 aliphatic rings. The van der Waals surface area contributed by atoms with Gasteiger partial charge in [-0.2, -0.15) is 0 Å². The van der Waals surface area contributed by atoms with Crippen molar-refractivity contribution in [3.63, 3.8) is 0 Å². The van der Waals surface area contributed by atoms with Crippen LogP contribution in [0.5, 0.6) is 0 Å². The standard InChI is InChI=1S/C16H17N3O/c1-11-4-2-3-5-15(11)19-16(20)12-8-14(10-17-9-12)18-13-6-7-13/h2-5,8-10,13,18H,6-7H2,1H3,(H,19,20). The molecule has 1 aromatic carbocycles. The van der Waals surface area contributed by atoms with E-state index in [1.807, 2.05) is 37.3 Å². The average molecular weight is 267 g/mol. The van der Waals surface area contributed by atoms with E-state index in [-0.39, 0.29) is 5.91 Å². The molecule has 0 bridgehead atoms. The molecule has 1 heterocycles. The summed E-state index contributed by atoms with van der Waals surface area (Å²) in [6.45, 7) is 1.97. The number of rotatable bonds is 4. The minimum atomic E-state index is -0.133. The smallest absolute Gasteiger partial charge is 0.257 e. The Morgan fingerprint density at radius 3 is 2.80 bits per heavy atom. The first kappa shape index (κ1) is 12.7. The number of para-hydroxylation sites is 1. The van der Waals surface area contributed by atoms with Gasteiger partial charge in [0.25, 0.3) is 5.91 Å². The van der Waals surface area contributed by atoms with Crippen LogP contribution in [-0.2, 0) is 0 Å². The van der Waals surface area contributed by atoms with Gasteiger partial charge in [-0.3, -0.25) is 9.78 Å². The number of hydrogen-bond donors (Lipinski definition) is 2. The molecular weight excluding hydrogens is 250 g/mol. The third-order valence-electron chi connectivity index (χ3n) is 3.34. The van der Waals surface area contributed by atoms with Gasteiger partial charge in [-0.25, -0.2) is 0 Å². The predicted octanol–water partition coefficient (Wildman–Crippen LogP) is 3.22. The number of nitrogens with one attached hydrogen (secondary N) is 2. The number of pyridine rings is 1. The fraction of sp³-hybridized carbons (Fsp3) is 0.250. The predicted molar refractivity (Wildman–Crippen MR) is 80.0 cm³/mol. The molecule has 2 aromatic rings. The fourth-order valence-corrected chi connectivity index (χ4v) is 2.01. The van der Waals surface area contributed by atoms with Gasteiger partial charge in [0.1, 0.15) is 0 Å². The molecule has 4 heteroatoms. The molecule has 20 heavy (non-hydrogen) atoms. The highest BCUT2D eigenvalue weighted by Gasteiger charge is 2.21. The summed E-state index contributed by atoms with van der Waals surface area (Å²) in [5.41, 5.74) is 3.35. The van der Waals surface area contributed by atoms with Crippen molar-refractivity contribution < 1.29 is 4.79 Å². The zero-order valence-electron chi connectivity index (χ0n) is 11.4. The van der Waals surface area contributed by atoms with E-state index in [1.165, 1.54) is 12.8 Å². The Hall–Kier alpha value is -2.36. The number of aryl methyl sites for hydroxylation is 1. The Bertz CT molecular complexity index is 635. The van der Waals surface area contributed by atoms with E-state index in [9.17, 15) is 4.79 Å². The van der Waals surface area contributed by atoms with Gasteiger partial charge in [0.05, 0.1) is 11.3 Å². The summed E-state index contributed by atoms with van der Waals surface area (Å²) in [6, 6.07) is 10.1. The van der Waals surface area contributed by atoms with Crippen molar-refractivity contribution in [2.45, 2.75) is 25.8 Å². The first-order chi connectivity index (χ1) is 9.72. The molecule has 1 amide bonds. The Morgan fingerprint density at radius 1 is 1.25 bits per heavy atom. The lowest BCUT2D eigenvalue weighted by Crippen LogP contribution is -2.13. The number of carbonyl (C=O) groups excluding carboxylic acids is 1.